The highest BCUT2D eigenvalue weighted by Crippen LogP contribution is 2.10. The fraction of sp³-hybridized carbons (Fsp3) is 0.222. The Balaban J connectivity index is 2.34. The first-order valence-electron chi connectivity index (χ1n) is 4.41. The van der Waals surface area contributed by atoms with Crippen molar-refractivity contribution < 1.29 is 13.2 Å². The van der Waals surface area contributed by atoms with Crippen LogP contribution in [0.3, 0.4) is 0 Å². The average Bonchev–Trinajstić information content (AvgIpc) is 2.25. The van der Waals surface area contributed by atoms with Gasteiger partial charge >= 0.3 is 0 Å². The molecule has 0 saturated carbocycles. The molecular formula is C9H11ClN2O3S. The van der Waals surface area contributed by atoms with Crippen LogP contribution in [0.1, 0.15) is 0 Å². The Morgan fingerprint density at radius 2 is 2.31 bits per heavy atom. The lowest BCUT2D eigenvalue weighted by Crippen LogP contribution is -2.26. The topological polar surface area (TPSA) is 68.3 Å². The maximum atomic E-state index is 10.9. The minimum absolute atomic E-state index is 0.141. The van der Waals surface area contributed by atoms with E-state index in [0.29, 0.717) is 11.0 Å². The number of pyridine rings is 1. The fourth-order valence-electron chi connectivity index (χ4n) is 0.868. The first-order valence-corrected chi connectivity index (χ1v) is 6.33. The van der Waals surface area contributed by atoms with Gasteiger partial charge in [-0.25, -0.2) is 18.1 Å². The lowest BCUT2D eigenvalue weighted by Gasteiger charge is -2.05. The molecule has 1 aromatic heterocycles. The van der Waals surface area contributed by atoms with Gasteiger partial charge in [-0.05, 0) is 6.07 Å². The Hall–Kier alpha value is -1.11. The number of nitrogens with zero attached hydrogens (tertiary/aromatic N) is 1. The van der Waals surface area contributed by atoms with E-state index < -0.39 is 10.0 Å². The van der Waals surface area contributed by atoms with E-state index in [-0.39, 0.29) is 13.2 Å². The van der Waals surface area contributed by atoms with Crippen LogP contribution >= 0.6 is 11.6 Å². The van der Waals surface area contributed by atoms with Gasteiger partial charge in [-0.2, -0.15) is 0 Å². The molecule has 0 aromatic carbocycles. The van der Waals surface area contributed by atoms with E-state index in [1.54, 1.807) is 18.2 Å². The summed E-state index contributed by atoms with van der Waals surface area (Å²) in [4.78, 5) is 3.87. The van der Waals surface area contributed by atoms with Crippen LogP contribution in [0, 0.1) is 0 Å². The summed E-state index contributed by atoms with van der Waals surface area (Å²) in [5, 5.41) is 1.16. The Morgan fingerprint density at radius 3 is 2.94 bits per heavy atom. The molecule has 16 heavy (non-hydrogen) atoms. The molecular weight excluding hydrogens is 252 g/mol. The zero-order chi connectivity index (χ0) is 12.0. The molecule has 0 fully saturated rings. The van der Waals surface area contributed by atoms with E-state index in [9.17, 15) is 8.42 Å². The van der Waals surface area contributed by atoms with Gasteiger partial charge in [0.05, 0.1) is 0 Å². The molecule has 0 spiro atoms. The van der Waals surface area contributed by atoms with Crippen LogP contribution in [-0.4, -0.2) is 26.6 Å². The summed E-state index contributed by atoms with van der Waals surface area (Å²) in [5.74, 6) is 0.352. The molecule has 0 unspecified atom stereocenters. The summed E-state index contributed by atoms with van der Waals surface area (Å²) >= 11 is 5.64. The molecule has 7 heteroatoms. The molecule has 0 atom stereocenters. The van der Waals surface area contributed by atoms with E-state index in [0.717, 1.165) is 5.41 Å². The highest BCUT2D eigenvalue weighted by Gasteiger charge is 2.02. The van der Waals surface area contributed by atoms with E-state index >= 15 is 0 Å². The number of hydrogen-bond donors (Lipinski definition) is 1. The molecule has 0 amide bonds. The summed E-state index contributed by atoms with van der Waals surface area (Å²) in [6.07, 6.45) is 0. The second kappa shape index (κ2) is 5.83. The Bertz CT molecular complexity index is 462. The lowest BCUT2D eigenvalue weighted by molar-refractivity contribution is 0.311. The number of rotatable bonds is 6. The molecule has 88 valence electrons. The minimum Gasteiger partial charge on any atom is -0.476 e. The number of ether oxygens (including phenoxy) is 1. The van der Waals surface area contributed by atoms with Crippen LogP contribution in [-0.2, 0) is 10.0 Å². The first kappa shape index (κ1) is 13.0. The maximum Gasteiger partial charge on any atom is 0.233 e. The summed E-state index contributed by atoms with van der Waals surface area (Å²) in [7, 11) is -3.39. The number of hydrogen-bond acceptors (Lipinski definition) is 4. The highest BCUT2D eigenvalue weighted by atomic mass is 35.5. The fourth-order valence-corrected chi connectivity index (χ4v) is 1.51. The SMILES string of the molecule is C=CS(=O)(=O)NCCOc1cccc(Cl)n1. The lowest BCUT2D eigenvalue weighted by atomic mass is 10.5. The van der Waals surface area contributed by atoms with Crippen LogP contribution in [0.25, 0.3) is 0 Å². The van der Waals surface area contributed by atoms with Crippen molar-refractivity contribution in [1.29, 1.82) is 0 Å². The molecule has 1 rings (SSSR count). The van der Waals surface area contributed by atoms with Gasteiger partial charge in [-0.15, -0.1) is 0 Å². The second-order valence-corrected chi connectivity index (χ2v) is 4.85. The van der Waals surface area contributed by atoms with Gasteiger partial charge in [0.15, 0.2) is 0 Å². The molecule has 0 saturated heterocycles. The van der Waals surface area contributed by atoms with Crippen LogP contribution in [0.4, 0.5) is 0 Å². The van der Waals surface area contributed by atoms with Crippen molar-refractivity contribution in [2.24, 2.45) is 0 Å². The van der Waals surface area contributed by atoms with E-state index in [4.69, 9.17) is 16.3 Å². The van der Waals surface area contributed by atoms with Gasteiger partial charge in [-0.1, -0.05) is 24.2 Å². The second-order valence-electron chi connectivity index (χ2n) is 2.75. The Morgan fingerprint density at radius 1 is 1.56 bits per heavy atom. The third-order valence-electron chi connectivity index (χ3n) is 1.56. The Labute approximate surface area is 99.1 Å². The first-order chi connectivity index (χ1) is 7.53. The van der Waals surface area contributed by atoms with Crippen LogP contribution in [0.15, 0.2) is 30.2 Å². The Kier molecular flexibility index (Phi) is 4.72. The number of halogens is 1. The van der Waals surface area contributed by atoms with Crippen molar-refractivity contribution in [3.8, 4) is 5.88 Å². The van der Waals surface area contributed by atoms with Gasteiger partial charge < -0.3 is 4.74 Å². The molecule has 0 radical (unpaired) electrons. The van der Waals surface area contributed by atoms with Gasteiger partial charge in [0.1, 0.15) is 11.8 Å². The highest BCUT2D eigenvalue weighted by molar-refractivity contribution is 7.92. The molecule has 0 aliphatic heterocycles. The van der Waals surface area contributed by atoms with E-state index in [1.165, 1.54) is 0 Å². The van der Waals surface area contributed by atoms with Gasteiger partial charge in [-0.3, -0.25) is 0 Å². The quantitative estimate of drug-likeness (QED) is 0.617. The van der Waals surface area contributed by atoms with Crippen molar-refractivity contribution in [2.75, 3.05) is 13.2 Å². The van der Waals surface area contributed by atoms with Gasteiger partial charge in [0.2, 0.25) is 15.9 Å². The zero-order valence-electron chi connectivity index (χ0n) is 8.39. The summed E-state index contributed by atoms with van der Waals surface area (Å²) in [6, 6.07) is 4.95. The molecule has 0 aliphatic rings. The normalized spacial score (nSPS) is 11.1. The molecule has 1 aromatic rings. The van der Waals surface area contributed by atoms with Gasteiger partial charge in [0, 0.05) is 18.0 Å². The zero-order valence-corrected chi connectivity index (χ0v) is 9.96. The largest absolute Gasteiger partial charge is 0.476 e. The molecule has 5 nitrogen and oxygen atoms in total. The van der Waals surface area contributed by atoms with E-state index in [2.05, 4.69) is 16.3 Å². The smallest absolute Gasteiger partial charge is 0.233 e. The predicted molar refractivity (Wildman–Crippen MR) is 61.9 cm³/mol. The molecule has 1 heterocycles. The third-order valence-corrected chi connectivity index (χ3v) is 2.82. The van der Waals surface area contributed by atoms with Crippen LogP contribution in [0.5, 0.6) is 5.88 Å². The predicted octanol–water partition coefficient (Wildman–Crippen LogP) is 1.18. The number of nitrogens with one attached hydrogen (secondary N) is 1. The van der Waals surface area contributed by atoms with Crippen molar-refractivity contribution in [3.63, 3.8) is 0 Å². The van der Waals surface area contributed by atoms with Gasteiger partial charge in [0.25, 0.3) is 0 Å². The monoisotopic (exact) mass is 262 g/mol. The number of aromatic nitrogens is 1. The molecule has 0 aliphatic carbocycles. The summed E-state index contributed by atoms with van der Waals surface area (Å²) in [6.45, 7) is 3.47. The summed E-state index contributed by atoms with van der Waals surface area (Å²) < 4.78 is 29.3. The number of sulfonamides is 1. The van der Waals surface area contributed by atoms with Crippen molar-refractivity contribution >= 4 is 21.6 Å². The van der Waals surface area contributed by atoms with Crippen molar-refractivity contribution in [1.82, 2.24) is 9.71 Å². The standard InChI is InChI=1S/C9H11ClN2O3S/c1-2-16(13,14)11-6-7-15-9-5-3-4-8(10)12-9/h2-5,11H,1,6-7H2. The van der Waals surface area contributed by atoms with Crippen LogP contribution < -0.4 is 9.46 Å². The average molecular weight is 263 g/mol. The third kappa shape index (κ3) is 4.61. The molecule has 0 bridgehead atoms. The molecule has 1 N–H and O–H groups in total. The van der Waals surface area contributed by atoms with Crippen LogP contribution in [0.2, 0.25) is 5.15 Å². The maximum absolute atomic E-state index is 10.9. The minimum atomic E-state index is -3.39. The van der Waals surface area contributed by atoms with Crippen molar-refractivity contribution in [2.45, 2.75) is 0 Å². The summed E-state index contributed by atoms with van der Waals surface area (Å²) in [5.41, 5.74) is 0. The van der Waals surface area contributed by atoms with Crippen molar-refractivity contribution in [3.05, 3.63) is 35.3 Å². The van der Waals surface area contributed by atoms with E-state index in [1.807, 2.05) is 0 Å².